The zero-order valence-electron chi connectivity index (χ0n) is 17.9. The highest BCUT2D eigenvalue weighted by Crippen LogP contribution is 2.21. The van der Waals surface area contributed by atoms with E-state index < -0.39 is 0 Å². The number of rotatable bonds is 8. The van der Waals surface area contributed by atoms with Crippen LogP contribution in [-0.2, 0) is 11.2 Å². The van der Waals surface area contributed by atoms with Crippen LogP contribution in [0.25, 0.3) is 0 Å². The number of ether oxygens (including phenoxy) is 2. The molecule has 3 heterocycles. The minimum Gasteiger partial charge on any atom is -0.506 e. The molecule has 32 heavy (non-hydrogen) atoms. The average molecular weight is 435 g/mol. The van der Waals surface area contributed by atoms with Crippen molar-refractivity contribution in [3.63, 3.8) is 0 Å². The van der Waals surface area contributed by atoms with Gasteiger partial charge in [0, 0.05) is 31.8 Å². The van der Waals surface area contributed by atoms with Crippen molar-refractivity contribution in [2.45, 2.75) is 13.3 Å². The number of pyridine rings is 1. The molecular formula is C23H26N6O3. The summed E-state index contributed by atoms with van der Waals surface area (Å²) in [4.78, 5) is 15.3. The van der Waals surface area contributed by atoms with Crippen molar-refractivity contribution in [2.75, 3.05) is 43.2 Å². The molecule has 166 valence electrons. The van der Waals surface area contributed by atoms with E-state index in [1.807, 2.05) is 37.3 Å². The first-order chi connectivity index (χ1) is 15.7. The highest BCUT2D eigenvalue weighted by molar-refractivity contribution is 5.80. The van der Waals surface area contributed by atoms with Crippen LogP contribution < -0.4 is 15.1 Å². The number of nitrogens with one attached hydrogen (secondary N) is 1. The van der Waals surface area contributed by atoms with Gasteiger partial charge in [0.1, 0.15) is 11.6 Å². The second-order valence-electron chi connectivity index (χ2n) is 7.35. The van der Waals surface area contributed by atoms with Crippen LogP contribution >= 0.6 is 0 Å². The molecule has 2 aromatic heterocycles. The Morgan fingerprint density at radius 1 is 1.19 bits per heavy atom. The molecule has 9 heteroatoms. The van der Waals surface area contributed by atoms with E-state index in [1.54, 1.807) is 24.5 Å². The summed E-state index contributed by atoms with van der Waals surface area (Å²) >= 11 is 0. The van der Waals surface area contributed by atoms with Crippen molar-refractivity contribution in [3.05, 3.63) is 65.5 Å². The molecule has 1 saturated heterocycles. The molecule has 2 N–H and O–H groups in total. The third-order valence-corrected chi connectivity index (χ3v) is 4.90. The van der Waals surface area contributed by atoms with Gasteiger partial charge in [-0.3, -0.25) is 10.4 Å². The summed E-state index contributed by atoms with van der Waals surface area (Å²) in [6.45, 7) is 5.09. The van der Waals surface area contributed by atoms with E-state index >= 15 is 0 Å². The Labute approximate surface area is 186 Å². The van der Waals surface area contributed by atoms with Gasteiger partial charge in [-0.25, -0.2) is 0 Å². The Hall–Kier alpha value is -3.72. The van der Waals surface area contributed by atoms with Crippen molar-refractivity contribution in [3.8, 4) is 11.8 Å². The molecular weight excluding hydrogens is 408 g/mol. The molecule has 4 rings (SSSR count). The number of aromatic nitrogens is 3. The number of nitrogens with zero attached hydrogens (tertiary/aromatic N) is 5. The summed E-state index contributed by atoms with van der Waals surface area (Å²) in [5.41, 5.74) is 5.70. The van der Waals surface area contributed by atoms with Crippen molar-refractivity contribution >= 4 is 17.9 Å². The minimum absolute atomic E-state index is 0.145. The number of hydrazone groups is 1. The first kappa shape index (κ1) is 21.5. The average Bonchev–Trinajstić information content (AvgIpc) is 2.81. The first-order valence-electron chi connectivity index (χ1n) is 10.5. The fourth-order valence-electron chi connectivity index (χ4n) is 3.27. The number of aryl methyl sites for hydroxylation is 1. The van der Waals surface area contributed by atoms with Gasteiger partial charge in [0.15, 0.2) is 5.82 Å². The lowest BCUT2D eigenvalue weighted by Crippen LogP contribution is -2.36. The minimum atomic E-state index is 0.145. The molecule has 0 atom stereocenters. The SMILES string of the molecule is Cc1cccc(/C=N/Nc2cc(N3CCOCC3)nc(OCCc3ncccc3O)n2)c1. The summed E-state index contributed by atoms with van der Waals surface area (Å²) in [6.07, 6.45) is 3.82. The van der Waals surface area contributed by atoms with Crippen molar-refractivity contribution < 1.29 is 14.6 Å². The Morgan fingerprint density at radius 2 is 2.06 bits per heavy atom. The van der Waals surface area contributed by atoms with E-state index in [1.165, 1.54) is 5.56 Å². The molecule has 0 amide bonds. The van der Waals surface area contributed by atoms with Crippen LogP contribution in [0.5, 0.6) is 11.8 Å². The van der Waals surface area contributed by atoms with Gasteiger partial charge >= 0.3 is 6.01 Å². The maximum absolute atomic E-state index is 9.88. The highest BCUT2D eigenvalue weighted by atomic mass is 16.5. The molecule has 9 nitrogen and oxygen atoms in total. The topological polar surface area (TPSA) is 105 Å². The number of aromatic hydroxyl groups is 1. The number of benzene rings is 1. The monoisotopic (exact) mass is 434 g/mol. The van der Waals surface area contributed by atoms with Crippen molar-refractivity contribution in [1.29, 1.82) is 0 Å². The number of anilines is 2. The van der Waals surface area contributed by atoms with Gasteiger partial charge < -0.3 is 19.5 Å². The molecule has 1 fully saturated rings. The number of morpholine rings is 1. The smallest absolute Gasteiger partial charge is 0.320 e. The Balaban J connectivity index is 1.47. The lowest BCUT2D eigenvalue weighted by molar-refractivity contribution is 0.122. The summed E-state index contributed by atoms with van der Waals surface area (Å²) in [7, 11) is 0. The standard InChI is InChI=1S/C23H26N6O3/c1-17-4-2-5-18(14-17)16-25-28-21-15-22(29-9-12-31-13-10-29)27-23(26-21)32-11-7-19-20(30)6-3-8-24-19/h2-6,8,14-16,30H,7,9-13H2,1H3,(H,26,27,28)/b25-16+. The molecule has 0 aliphatic carbocycles. The zero-order chi connectivity index (χ0) is 22.2. The lowest BCUT2D eigenvalue weighted by atomic mass is 10.2. The van der Waals surface area contributed by atoms with Gasteiger partial charge in [0.2, 0.25) is 0 Å². The van der Waals surface area contributed by atoms with Gasteiger partial charge in [-0.15, -0.1) is 0 Å². The van der Waals surface area contributed by atoms with Gasteiger partial charge in [-0.2, -0.15) is 15.1 Å². The van der Waals surface area contributed by atoms with E-state index in [0.29, 0.717) is 31.1 Å². The third kappa shape index (κ3) is 5.92. The number of hydrogen-bond acceptors (Lipinski definition) is 9. The molecule has 1 aliphatic heterocycles. The van der Waals surface area contributed by atoms with E-state index in [4.69, 9.17) is 9.47 Å². The third-order valence-electron chi connectivity index (χ3n) is 4.90. The summed E-state index contributed by atoms with van der Waals surface area (Å²) in [5, 5.41) is 14.2. The summed E-state index contributed by atoms with van der Waals surface area (Å²) in [6, 6.07) is 13.4. The predicted molar refractivity (Wildman–Crippen MR) is 123 cm³/mol. The van der Waals surface area contributed by atoms with E-state index in [0.717, 1.165) is 24.5 Å². The normalized spacial score (nSPS) is 14.0. The van der Waals surface area contributed by atoms with Crippen LogP contribution in [0.4, 0.5) is 11.6 Å². The van der Waals surface area contributed by atoms with Crippen LogP contribution in [0, 0.1) is 6.92 Å². The fraction of sp³-hybridized carbons (Fsp3) is 0.304. The van der Waals surface area contributed by atoms with Crippen LogP contribution in [0.1, 0.15) is 16.8 Å². The van der Waals surface area contributed by atoms with E-state index in [-0.39, 0.29) is 18.4 Å². The quantitative estimate of drug-likeness (QED) is 0.412. The van der Waals surface area contributed by atoms with Crippen molar-refractivity contribution in [1.82, 2.24) is 15.0 Å². The number of hydrogen-bond donors (Lipinski definition) is 2. The maximum Gasteiger partial charge on any atom is 0.320 e. The van der Waals surface area contributed by atoms with E-state index in [2.05, 4.69) is 30.4 Å². The van der Waals surface area contributed by atoms with Crippen LogP contribution in [0.15, 0.2) is 53.8 Å². The van der Waals surface area contributed by atoms with Crippen LogP contribution in [0.2, 0.25) is 0 Å². The molecule has 1 aromatic carbocycles. The van der Waals surface area contributed by atoms with E-state index in [9.17, 15) is 5.11 Å². The molecule has 0 bridgehead atoms. The van der Waals surface area contributed by atoms with Crippen LogP contribution in [0.3, 0.4) is 0 Å². The Bertz CT molecular complexity index is 1070. The predicted octanol–water partition coefficient (Wildman–Crippen LogP) is 2.79. The largest absolute Gasteiger partial charge is 0.506 e. The van der Waals surface area contributed by atoms with Gasteiger partial charge in [0.05, 0.1) is 31.7 Å². The molecule has 0 saturated carbocycles. The first-order valence-corrected chi connectivity index (χ1v) is 10.5. The fourth-order valence-corrected chi connectivity index (χ4v) is 3.27. The van der Waals surface area contributed by atoms with Gasteiger partial charge in [-0.1, -0.05) is 29.8 Å². The van der Waals surface area contributed by atoms with Gasteiger partial charge in [0.25, 0.3) is 0 Å². The molecule has 0 unspecified atom stereocenters. The Kier molecular flexibility index (Phi) is 7.08. The van der Waals surface area contributed by atoms with Crippen molar-refractivity contribution in [2.24, 2.45) is 5.10 Å². The second kappa shape index (κ2) is 10.5. The molecule has 1 aliphatic rings. The molecule has 0 radical (unpaired) electrons. The Morgan fingerprint density at radius 3 is 2.88 bits per heavy atom. The van der Waals surface area contributed by atoms with Gasteiger partial charge in [-0.05, 0) is 24.6 Å². The summed E-state index contributed by atoms with van der Waals surface area (Å²) < 4.78 is 11.2. The zero-order valence-corrected chi connectivity index (χ0v) is 17.9. The maximum atomic E-state index is 9.88. The second-order valence-corrected chi connectivity index (χ2v) is 7.35. The summed E-state index contributed by atoms with van der Waals surface area (Å²) in [5.74, 6) is 1.42. The molecule has 3 aromatic rings. The van der Waals surface area contributed by atoms with Crippen LogP contribution in [-0.4, -0.2) is 59.2 Å². The lowest BCUT2D eigenvalue weighted by Gasteiger charge is -2.28. The highest BCUT2D eigenvalue weighted by Gasteiger charge is 2.16. The molecule has 0 spiro atoms.